The first-order valence-corrected chi connectivity index (χ1v) is 42.9. The molecule has 0 saturated heterocycles. The molecular formula is C86H169NO5. The number of carbonyl (C=O) groups is 2. The van der Waals surface area contributed by atoms with Crippen LogP contribution in [-0.2, 0) is 14.3 Å². The van der Waals surface area contributed by atoms with E-state index < -0.39 is 12.1 Å². The van der Waals surface area contributed by atoms with E-state index in [1.54, 1.807) is 0 Å². The quantitative estimate of drug-likeness (QED) is 0.0320. The summed E-state index contributed by atoms with van der Waals surface area (Å²) in [6.07, 6.45) is 105. The van der Waals surface area contributed by atoms with Crippen LogP contribution in [0.5, 0.6) is 0 Å². The molecule has 1 amide bonds. The van der Waals surface area contributed by atoms with Crippen molar-refractivity contribution < 1.29 is 24.5 Å². The number of unbranched alkanes of at least 4 members (excludes halogenated alkanes) is 69. The van der Waals surface area contributed by atoms with Gasteiger partial charge in [-0.05, 0) is 51.4 Å². The number of nitrogens with one attached hydrogen (secondary N) is 1. The van der Waals surface area contributed by atoms with Crippen LogP contribution in [0.25, 0.3) is 0 Å². The molecule has 548 valence electrons. The van der Waals surface area contributed by atoms with Crippen molar-refractivity contribution in [2.24, 2.45) is 0 Å². The highest BCUT2D eigenvalue weighted by molar-refractivity contribution is 5.76. The molecule has 0 aromatic heterocycles. The number of aliphatic hydroxyl groups is 2. The smallest absolute Gasteiger partial charge is 0.305 e. The van der Waals surface area contributed by atoms with Crippen LogP contribution in [-0.4, -0.2) is 47.4 Å². The van der Waals surface area contributed by atoms with E-state index in [1.165, 1.54) is 430 Å². The molecule has 0 radical (unpaired) electrons. The maximum Gasteiger partial charge on any atom is 0.305 e. The molecule has 0 rings (SSSR count). The van der Waals surface area contributed by atoms with E-state index in [0.717, 1.165) is 38.5 Å². The van der Waals surface area contributed by atoms with Crippen LogP contribution in [0.4, 0.5) is 0 Å². The Morgan fingerprint density at radius 2 is 0.511 bits per heavy atom. The summed E-state index contributed by atoms with van der Waals surface area (Å²) in [7, 11) is 0. The predicted molar refractivity (Wildman–Crippen MR) is 407 cm³/mol. The van der Waals surface area contributed by atoms with Gasteiger partial charge in [-0.25, -0.2) is 0 Å². The van der Waals surface area contributed by atoms with E-state index in [9.17, 15) is 19.8 Å². The first-order valence-electron chi connectivity index (χ1n) is 42.9. The van der Waals surface area contributed by atoms with E-state index >= 15 is 0 Å². The first kappa shape index (κ1) is 90.6. The largest absolute Gasteiger partial charge is 0.466 e. The highest BCUT2D eigenvalue weighted by atomic mass is 16.5. The van der Waals surface area contributed by atoms with E-state index in [2.05, 4.69) is 31.3 Å². The molecule has 0 bridgehead atoms. The Hall–Kier alpha value is -1.40. The highest BCUT2D eigenvalue weighted by Gasteiger charge is 2.20. The summed E-state index contributed by atoms with van der Waals surface area (Å²) in [5.74, 6) is 0.000120. The zero-order chi connectivity index (χ0) is 66.3. The van der Waals surface area contributed by atoms with Gasteiger partial charge >= 0.3 is 5.97 Å². The number of hydrogen-bond donors (Lipinski definition) is 3. The summed E-state index contributed by atoms with van der Waals surface area (Å²) in [5, 5.41) is 23.5. The minimum atomic E-state index is -0.661. The molecule has 6 nitrogen and oxygen atoms in total. The maximum absolute atomic E-state index is 12.6. The molecule has 0 spiro atoms. The summed E-state index contributed by atoms with van der Waals surface area (Å²) in [6.45, 7) is 5.02. The van der Waals surface area contributed by atoms with Crippen LogP contribution in [0.15, 0.2) is 12.2 Å². The molecule has 0 aromatic rings. The Bertz CT molecular complexity index is 1400. The zero-order valence-corrected chi connectivity index (χ0v) is 63.1. The molecule has 2 unspecified atom stereocenters. The number of esters is 1. The SMILES string of the molecule is CCCCCCCC/C=C\CCCCCCCCCCCC(=O)OCCCCCCCCCCCCCCCCCCCCCCCCCCCCCCCCCCCCCC(=O)NC(CO)C(O)CCCCCCCCCCCCCCCCCCCCCCC. The van der Waals surface area contributed by atoms with Crippen LogP contribution in [0.1, 0.15) is 502 Å². The van der Waals surface area contributed by atoms with Crippen molar-refractivity contribution in [3.05, 3.63) is 12.2 Å². The molecule has 2 atom stereocenters. The summed E-state index contributed by atoms with van der Waals surface area (Å²) >= 11 is 0. The average Bonchev–Trinajstić information content (AvgIpc) is 3.75. The first-order chi connectivity index (χ1) is 45.5. The second kappa shape index (κ2) is 82.0. The van der Waals surface area contributed by atoms with Crippen molar-refractivity contribution in [2.45, 2.75) is 514 Å². The van der Waals surface area contributed by atoms with Gasteiger partial charge in [-0.15, -0.1) is 0 Å². The summed E-state index contributed by atoms with van der Waals surface area (Å²) in [5.41, 5.74) is 0. The summed E-state index contributed by atoms with van der Waals surface area (Å²) < 4.78 is 5.52. The lowest BCUT2D eigenvalue weighted by Crippen LogP contribution is -2.45. The molecule has 0 heterocycles. The number of rotatable bonds is 82. The number of allylic oxidation sites excluding steroid dienone is 2. The fraction of sp³-hybridized carbons (Fsp3) is 0.953. The lowest BCUT2D eigenvalue weighted by molar-refractivity contribution is -0.143. The van der Waals surface area contributed by atoms with Gasteiger partial charge in [0.15, 0.2) is 0 Å². The van der Waals surface area contributed by atoms with Crippen molar-refractivity contribution >= 4 is 11.9 Å². The number of aliphatic hydroxyl groups excluding tert-OH is 2. The van der Waals surface area contributed by atoms with Crippen LogP contribution >= 0.6 is 0 Å². The van der Waals surface area contributed by atoms with Gasteiger partial charge in [-0.1, -0.05) is 450 Å². The lowest BCUT2D eigenvalue weighted by atomic mass is 10.0. The van der Waals surface area contributed by atoms with Gasteiger partial charge in [0.05, 0.1) is 25.4 Å². The van der Waals surface area contributed by atoms with Gasteiger partial charge < -0.3 is 20.3 Å². The standard InChI is InChI=1S/C86H169NO5/c1-3-5-7-9-11-13-15-17-19-21-23-39-43-46-50-54-58-62-66-70-74-78-84(89)83(82-88)87-85(90)79-75-71-67-63-59-55-51-47-44-40-37-35-33-31-29-27-25-24-26-28-30-32-34-36-38-41-45-49-53-57-61-65-69-73-77-81-92-86(91)80-76-72-68-64-60-56-52-48-42-22-20-18-16-14-12-10-8-6-4-2/h18,20,83-84,88-89H,3-17,19,21-82H2,1-2H3,(H,87,90)/b20-18-. The molecule has 0 aromatic carbocycles. The minimum absolute atomic E-state index is 0.0235. The van der Waals surface area contributed by atoms with Crippen molar-refractivity contribution in [3.8, 4) is 0 Å². The molecule has 0 aliphatic heterocycles. The third kappa shape index (κ3) is 77.6. The van der Waals surface area contributed by atoms with Crippen LogP contribution in [0, 0.1) is 0 Å². The maximum atomic E-state index is 12.6. The Morgan fingerprint density at radius 3 is 0.772 bits per heavy atom. The van der Waals surface area contributed by atoms with Crippen molar-refractivity contribution in [1.82, 2.24) is 5.32 Å². The van der Waals surface area contributed by atoms with E-state index in [4.69, 9.17) is 4.74 Å². The van der Waals surface area contributed by atoms with Gasteiger partial charge in [0.1, 0.15) is 0 Å². The molecule has 6 heteroatoms. The highest BCUT2D eigenvalue weighted by Crippen LogP contribution is 2.21. The zero-order valence-electron chi connectivity index (χ0n) is 63.1. The van der Waals surface area contributed by atoms with Gasteiger partial charge in [0, 0.05) is 12.8 Å². The molecular weight excluding hydrogens is 1130 g/mol. The van der Waals surface area contributed by atoms with Gasteiger partial charge in [-0.3, -0.25) is 9.59 Å². The fourth-order valence-electron chi connectivity index (χ4n) is 14.1. The summed E-state index contributed by atoms with van der Waals surface area (Å²) in [6, 6.07) is -0.538. The van der Waals surface area contributed by atoms with Gasteiger partial charge in [0.2, 0.25) is 5.91 Å². The average molecular weight is 1300 g/mol. The summed E-state index contributed by atoms with van der Waals surface area (Å²) in [4.78, 5) is 24.7. The predicted octanol–water partition coefficient (Wildman–Crippen LogP) is 28.6. The van der Waals surface area contributed by atoms with Crippen LogP contribution in [0.3, 0.4) is 0 Å². The molecule has 0 fully saturated rings. The van der Waals surface area contributed by atoms with Crippen LogP contribution in [0.2, 0.25) is 0 Å². The number of carbonyl (C=O) groups excluding carboxylic acids is 2. The Kier molecular flexibility index (Phi) is 80.8. The topological polar surface area (TPSA) is 95.9 Å². The monoisotopic (exact) mass is 1300 g/mol. The third-order valence-corrected chi connectivity index (χ3v) is 20.6. The molecule has 0 saturated carbocycles. The number of amides is 1. The number of ether oxygens (including phenoxy) is 1. The van der Waals surface area contributed by atoms with Gasteiger partial charge in [-0.2, -0.15) is 0 Å². The second-order valence-electron chi connectivity index (χ2n) is 29.9. The normalized spacial score (nSPS) is 12.4. The second-order valence-corrected chi connectivity index (χ2v) is 29.9. The van der Waals surface area contributed by atoms with E-state index in [-0.39, 0.29) is 18.5 Å². The third-order valence-electron chi connectivity index (χ3n) is 20.6. The fourth-order valence-corrected chi connectivity index (χ4v) is 14.1. The molecule has 0 aliphatic carbocycles. The lowest BCUT2D eigenvalue weighted by Gasteiger charge is -2.22. The Balaban J connectivity index is 3.30. The van der Waals surface area contributed by atoms with Crippen molar-refractivity contribution in [3.63, 3.8) is 0 Å². The Labute approximate surface area is 578 Å². The van der Waals surface area contributed by atoms with Crippen molar-refractivity contribution in [2.75, 3.05) is 13.2 Å². The number of hydrogen-bond acceptors (Lipinski definition) is 5. The molecule has 0 aliphatic rings. The van der Waals surface area contributed by atoms with Crippen LogP contribution < -0.4 is 5.32 Å². The van der Waals surface area contributed by atoms with E-state index in [1.807, 2.05) is 0 Å². The minimum Gasteiger partial charge on any atom is -0.466 e. The van der Waals surface area contributed by atoms with E-state index in [0.29, 0.717) is 25.9 Å². The van der Waals surface area contributed by atoms with Crippen molar-refractivity contribution in [1.29, 1.82) is 0 Å². The molecule has 3 N–H and O–H groups in total. The Morgan fingerprint density at radius 1 is 0.293 bits per heavy atom. The molecule has 92 heavy (non-hydrogen) atoms. The van der Waals surface area contributed by atoms with Gasteiger partial charge in [0.25, 0.3) is 0 Å².